The molecule has 0 bridgehead atoms. The molecule has 0 aromatic heterocycles. The summed E-state index contributed by atoms with van der Waals surface area (Å²) < 4.78 is 23.3. The number of sulfone groups is 1. The number of carbonyl (C=O) groups excluding carboxylic acids is 2. The minimum Gasteiger partial charge on any atom is -0.350 e. The third-order valence-electron chi connectivity index (χ3n) is 3.47. The summed E-state index contributed by atoms with van der Waals surface area (Å²) in [5.41, 5.74) is 2.08. The van der Waals surface area contributed by atoms with E-state index in [1.165, 1.54) is 6.26 Å². The van der Waals surface area contributed by atoms with Gasteiger partial charge in [-0.1, -0.05) is 36.4 Å². The fraction of sp³-hybridized carbons (Fsp3) is 0.222. The number of hydrogen-bond donors (Lipinski definition) is 2. The molecule has 6 nitrogen and oxygen atoms in total. The van der Waals surface area contributed by atoms with Gasteiger partial charge >= 0.3 is 0 Å². The fourth-order valence-corrected chi connectivity index (χ4v) is 3.65. The van der Waals surface area contributed by atoms with Gasteiger partial charge in [0.05, 0.1) is 17.9 Å². The van der Waals surface area contributed by atoms with Crippen LogP contribution in [0.4, 0.5) is 0 Å². The van der Waals surface area contributed by atoms with Gasteiger partial charge in [0.2, 0.25) is 5.91 Å². The Hall–Kier alpha value is -1.94. The van der Waals surface area contributed by atoms with E-state index in [-0.39, 0.29) is 24.1 Å². The van der Waals surface area contributed by atoms with E-state index in [1.807, 2.05) is 12.1 Å². The molecule has 2 amide bonds. The van der Waals surface area contributed by atoms with Gasteiger partial charge in [-0.15, -0.1) is 0 Å². The van der Waals surface area contributed by atoms with Crippen LogP contribution in [0.25, 0.3) is 0 Å². The predicted octanol–water partition coefficient (Wildman–Crippen LogP) is 1.88. The lowest BCUT2D eigenvalue weighted by Gasteiger charge is -2.08. The molecule has 0 saturated heterocycles. The topological polar surface area (TPSA) is 92.3 Å². The Morgan fingerprint density at radius 2 is 1.58 bits per heavy atom. The largest absolute Gasteiger partial charge is 0.350 e. The number of halogens is 1. The van der Waals surface area contributed by atoms with Crippen molar-refractivity contribution >= 4 is 44.2 Å². The second kappa shape index (κ2) is 9.13. The van der Waals surface area contributed by atoms with Gasteiger partial charge in [0.25, 0.3) is 5.91 Å². The summed E-state index contributed by atoms with van der Waals surface area (Å²) in [7, 11) is -3.07. The average Bonchev–Trinajstić information content (AvgIpc) is 2.58. The van der Waals surface area contributed by atoms with Gasteiger partial charge in [-0.2, -0.15) is 0 Å². The molecule has 0 unspecified atom stereocenters. The van der Waals surface area contributed by atoms with E-state index < -0.39 is 9.84 Å². The average molecular weight is 486 g/mol. The second-order valence-corrected chi connectivity index (χ2v) is 9.13. The summed E-state index contributed by atoms with van der Waals surface area (Å²) in [6.07, 6.45) is 1.19. The number of rotatable bonds is 7. The maximum Gasteiger partial charge on any atom is 0.252 e. The van der Waals surface area contributed by atoms with Gasteiger partial charge < -0.3 is 10.6 Å². The molecule has 2 N–H and O–H groups in total. The Labute approximate surface area is 166 Å². The van der Waals surface area contributed by atoms with Crippen molar-refractivity contribution in [2.45, 2.75) is 12.3 Å². The molecule has 0 aliphatic carbocycles. The van der Waals surface area contributed by atoms with Crippen LogP contribution >= 0.6 is 22.6 Å². The van der Waals surface area contributed by atoms with E-state index >= 15 is 0 Å². The first-order valence-corrected chi connectivity index (χ1v) is 10.9. The van der Waals surface area contributed by atoms with Crippen molar-refractivity contribution in [2.24, 2.45) is 0 Å². The zero-order valence-corrected chi connectivity index (χ0v) is 17.1. The van der Waals surface area contributed by atoms with Gasteiger partial charge in [0.1, 0.15) is 0 Å². The van der Waals surface area contributed by atoms with Crippen LogP contribution in [0.15, 0.2) is 48.5 Å². The standard InChI is InChI=1S/C18H19IN2O4S/c1-26(24,25)12-14-8-6-13(7-9-14)10-20-17(22)11-21-18(23)15-4-2-3-5-16(15)19/h2-9H,10-12H2,1H3,(H,20,22)(H,21,23). The highest BCUT2D eigenvalue weighted by molar-refractivity contribution is 14.1. The van der Waals surface area contributed by atoms with Crippen LogP contribution in [0.2, 0.25) is 0 Å². The number of benzene rings is 2. The first-order chi connectivity index (χ1) is 12.2. The highest BCUT2D eigenvalue weighted by Crippen LogP contribution is 2.11. The zero-order chi connectivity index (χ0) is 19.2. The number of amides is 2. The maximum atomic E-state index is 12.1. The van der Waals surface area contributed by atoms with Crippen molar-refractivity contribution in [3.63, 3.8) is 0 Å². The van der Waals surface area contributed by atoms with E-state index in [1.54, 1.807) is 36.4 Å². The van der Waals surface area contributed by atoms with Crippen molar-refractivity contribution in [1.29, 1.82) is 0 Å². The molecule has 0 atom stereocenters. The van der Waals surface area contributed by atoms with Gasteiger partial charge in [0, 0.05) is 16.4 Å². The zero-order valence-electron chi connectivity index (χ0n) is 14.2. The first-order valence-electron chi connectivity index (χ1n) is 7.79. The van der Waals surface area contributed by atoms with Gasteiger partial charge in [-0.25, -0.2) is 8.42 Å². The second-order valence-electron chi connectivity index (χ2n) is 5.83. The summed E-state index contributed by atoms with van der Waals surface area (Å²) in [6, 6.07) is 14.1. The molecule has 0 saturated carbocycles. The Morgan fingerprint density at radius 1 is 0.962 bits per heavy atom. The molecule has 0 fully saturated rings. The minimum absolute atomic E-state index is 0.00996. The van der Waals surface area contributed by atoms with Crippen LogP contribution in [-0.2, 0) is 26.9 Å². The summed E-state index contributed by atoms with van der Waals surface area (Å²) in [4.78, 5) is 23.9. The van der Waals surface area contributed by atoms with Crippen LogP contribution in [0.5, 0.6) is 0 Å². The van der Waals surface area contributed by atoms with Gasteiger partial charge in [-0.05, 0) is 45.9 Å². The molecular formula is C18H19IN2O4S. The molecule has 2 aromatic carbocycles. The molecule has 0 spiro atoms. The number of hydrogen-bond acceptors (Lipinski definition) is 4. The van der Waals surface area contributed by atoms with Crippen LogP contribution in [0, 0.1) is 3.57 Å². The Bertz CT molecular complexity index is 896. The summed E-state index contributed by atoms with van der Waals surface area (Å²) in [5.74, 6) is -0.607. The third kappa shape index (κ3) is 6.75. The van der Waals surface area contributed by atoms with E-state index in [0.717, 1.165) is 9.13 Å². The van der Waals surface area contributed by atoms with Crippen molar-refractivity contribution < 1.29 is 18.0 Å². The molecule has 0 aliphatic heterocycles. The Balaban J connectivity index is 1.80. The van der Waals surface area contributed by atoms with Crippen molar-refractivity contribution in [3.8, 4) is 0 Å². The van der Waals surface area contributed by atoms with E-state index in [0.29, 0.717) is 17.7 Å². The normalized spacial score (nSPS) is 11.0. The molecule has 138 valence electrons. The third-order valence-corrected chi connectivity index (χ3v) is 5.27. The van der Waals surface area contributed by atoms with Gasteiger partial charge in [0.15, 0.2) is 9.84 Å². The molecule has 26 heavy (non-hydrogen) atoms. The van der Waals surface area contributed by atoms with Crippen LogP contribution in [0.3, 0.4) is 0 Å². The van der Waals surface area contributed by atoms with Crippen molar-refractivity contribution in [1.82, 2.24) is 10.6 Å². The van der Waals surface area contributed by atoms with Crippen LogP contribution in [0.1, 0.15) is 21.5 Å². The van der Waals surface area contributed by atoms with E-state index in [2.05, 4.69) is 33.2 Å². The number of nitrogens with one attached hydrogen (secondary N) is 2. The summed E-state index contributed by atoms with van der Waals surface area (Å²) in [6.45, 7) is 0.187. The van der Waals surface area contributed by atoms with E-state index in [9.17, 15) is 18.0 Å². The van der Waals surface area contributed by atoms with Gasteiger partial charge in [-0.3, -0.25) is 9.59 Å². The summed E-state index contributed by atoms with van der Waals surface area (Å²) >= 11 is 2.07. The monoisotopic (exact) mass is 486 g/mol. The van der Waals surface area contributed by atoms with E-state index in [4.69, 9.17) is 0 Å². The molecule has 2 aromatic rings. The molecule has 0 radical (unpaired) electrons. The lowest BCUT2D eigenvalue weighted by Crippen LogP contribution is -2.36. The van der Waals surface area contributed by atoms with Crippen LogP contribution < -0.4 is 10.6 Å². The minimum atomic E-state index is -3.07. The maximum absolute atomic E-state index is 12.1. The molecule has 2 rings (SSSR count). The number of carbonyl (C=O) groups is 2. The Morgan fingerprint density at radius 3 is 2.19 bits per heavy atom. The highest BCUT2D eigenvalue weighted by atomic mass is 127. The smallest absolute Gasteiger partial charge is 0.252 e. The molecule has 8 heteroatoms. The summed E-state index contributed by atoms with van der Waals surface area (Å²) in [5, 5.41) is 5.30. The highest BCUT2D eigenvalue weighted by Gasteiger charge is 2.10. The van der Waals surface area contributed by atoms with Crippen molar-refractivity contribution in [3.05, 3.63) is 68.8 Å². The molecule has 0 aliphatic rings. The van der Waals surface area contributed by atoms with Crippen LogP contribution in [-0.4, -0.2) is 33.0 Å². The Kier molecular flexibility index (Phi) is 7.15. The predicted molar refractivity (Wildman–Crippen MR) is 108 cm³/mol. The fourth-order valence-electron chi connectivity index (χ4n) is 2.22. The molecular weight excluding hydrogens is 467 g/mol. The molecule has 0 heterocycles. The van der Waals surface area contributed by atoms with Crippen molar-refractivity contribution in [2.75, 3.05) is 12.8 Å². The first kappa shape index (κ1) is 20.4. The lowest BCUT2D eigenvalue weighted by molar-refractivity contribution is -0.120. The quantitative estimate of drug-likeness (QED) is 0.585. The lowest BCUT2D eigenvalue weighted by atomic mass is 10.1. The SMILES string of the molecule is CS(=O)(=O)Cc1ccc(CNC(=O)CNC(=O)c2ccccc2I)cc1.